The molecule has 0 atom stereocenters. The van der Waals surface area contributed by atoms with Crippen LogP contribution < -0.4 is 10.6 Å². The van der Waals surface area contributed by atoms with Crippen molar-refractivity contribution in [3.63, 3.8) is 0 Å². The molecule has 7 nitrogen and oxygen atoms in total. The predicted molar refractivity (Wildman–Crippen MR) is 109 cm³/mol. The number of halogens is 2. The van der Waals surface area contributed by atoms with Gasteiger partial charge in [0, 0.05) is 19.2 Å². The molecule has 0 aliphatic carbocycles. The van der Waals surface area contributed by atoms with E-state index in [2.05, 4.69) is 15.6 Å². The molecule has 0 aliphatic rings. The monoisotopic (exact) mass is 412 g/mol. The van der Waals surface area contributed by atoms with Crippen molar-refractivity contribution in [1.29, 1.82) is 0 Å². The van der Waals surface area contributed by atoms with Crippen LogP contribution in [0.25, 0.3) is 0 Å². The highest BCUT2D eigenvalue weighted by Gasteiger charge is 2.17. The number of hydrogen-bond donors (Lipinski definition) is 3. The highest BCUT2D eigenvalue weighted by Crippen LogP contribution is 2.26. The van der Waals surface area contributed by atoms with Gasteiger partial charge in [-0.2, -0.15) is 0 Å². The summed E-state index contributed by atoms with van der Waals surface area (Å²) in [6.45, 7) is 4.36. The van der Waals surface area contributed by atoms with Crippen LogP contribution in [-0.4, -0.2) is 27.2 Å². The van der Waals surface area contributed by atoms with Crippen molar-refractivity contribution >= 4 is 40.5 Å². The van der Waals surface area contributed by atoms with Crippen molar-refractivity contribution in [1.82, 2.24) is 4.98 Å². The summed E-state index contributed by atoms with van der Waals surface area (Å²) < 4.78 is 0. The van der Waals surface area contributed by atoms with Gasteiger partial charge in [0.2, 0.25) is 5.82 Å². The summed E-state index contributed by atoms with van der Waals surface area (Å²) in [4.78, 5) is 15.0. The molecule has 2 rings (SSSR count). The van der Waals surface area contributed by atoms with Crippen molar-refractivity contribution in [3.05, 3.63) is 56.1 Å². The Balaban J connectivity index is 2.04. The number of pyridine rings is 1. The molecule has 0 aliphatic heterocycles. The van der Waals surface area contributed by atoms with Gasteiger partial charge in [-0.05, 0) is 50.5 Å². The Morgan fingerprint density at radius 3 is 2.56 bits per heavy atom. The fraction of sp³-hybridized carbons (Fsp3) is 0.389. The first-order valence-corrected chi connectivity index (χ1v) is 9.21. The van der Waals surface area contributed by atoms with E-state index in [4.69, 9.17) is 23.2 Å². The first-order valence-electron chi connectivity index (χ1n) is 8.45. The average Bonchev–Trinajstić information content (AvgIpc) is 2.59. The van der Waals surface area contributed by atoms with Gasteiger partial charge in [-0.1, -0.05) is 29.3 Å². The minimum atomic E-state index is -0.774. The zero-order valence-corrected chi connectivity index (χ0v) is 16.6. The van der Waals surface area contributed by atoms with Crippen LogP contribution in [0.2, 0.25) is 10.0 Å². The maximum atomic E-state index is 11.2. The van der Waals surface area contributed by atoms with E-state index in [1.54, 1.807) is 32.0 Å². The Morgan fingerprint density at radius 1 is 1.19 bits per heavy atom. The van der Waals surface area contributed by atoms with Gasteiger partial charge in [0.1, 0.15) is 5.82 Å². The molecular formula is C18H22Cl2N4O3. The van der Waals surface area contributed by atoms with E-state index in [1.165, 1.54) is 6.07 Å². The lowest BCUT2D eigenvalue weighted by atomic mass is 10.0. The Hall–Kier alpha value is -2.09. The maximum Gasteiger partial charge on any atom is 0.311 e. The van der Waals surface area contributed by atoms with E-state index in [9.17, 15) is 15.2 Å². The molecule has 27 heavy (non-hydrogen) atoms. The summed E-state index contributed by atoms with van der Waals surface area (Å²) in [5, 5.41) is 28.0. The lowest BCUT2D eigenvalue weighted by Crippen LogP contribution is -2.20. The highest BCUT2D eigenvalue weighted by molar-refractivity contribution is 6.42. The number of nitrogens with one attached hydrogen (secondary N) is 2. The summed E-state index contributed by atoms with van der Waals surface area (Å²) in [5.41, 5.74) is 0.0344. The van der Waals surface area contributed by atoms with Crippen LogP contribution in [0.3, 0.4) is 0 Å². The average molecular weight is 413 g/mol. The van der Waals surface area contributed by atoms with E-state index < -0.39 is 10.5 Å². The van der Waals surface area contributed by atoms with Crippen molar-refractivity contribution in [2.24, 2.45) is 0 Å². The molecular weight excluding hydrogens is 391 g/mol. The lowest BCUT2D eigenvalue weighted by molar-refractivity contribution is -0.384. The third kappa shape index (κ3) is 6.86. The van der Waals surface area contributed by atoms with Gasteiger partial charge < -0.3 is 15.7 Å². The van der Waals surface area contributed by atoms with Crippen LogP contribution in [0.15, 0.2) is 30.3 Å². The minimum absolute atomic E-state index is 0.0988. The van der Waals surface area contributed by atoms with Crippen LogP contribution in [0.5, 0.6) is 0 Å². The number of aromatic nitrogens is 1. The van der Waals surface area contributed by atoms with Crippen LogP contribution in [-0.2, 0) is 6.54 Å². The van der Waals surface area contributed by atoms with Crippen molar-refractivity contribution in [3.8, 4) is 0 Å². The number of anilines is 2. The van der Waals surface area contributed by atoms with Gasteiger partial charge >= 0.3 is 5.69 Å². The molecule has 1 aromatic heterocycles. The second-order valence-corrected chi connectivity index (χ2v) is 7.58. The molecule has 3 N–H and O–H groups in total. The molecule has 0 bridgehead atoms. The second kappa shape index (κ2) is 9.21. The van der Waals surface area contributed by atoms with Crippen LogP contribution in [0.1, 0.15) is 32.3 Å². The third-order valence-corrected chi connectivity index (χ3v) is 4.53. The maximum absolute atomic E-state index is 11.2. The zero-order valence-electron chi connectivity index (χ0n) is 15.1. The van der Waals surface area contributed by atoms with Gasteiger partial charge in [-0.25, -0.2) is 4.98 Å². The van der Waals surface area contributed by atoms with E-state index >= 15 is 0 Å². The molecule has 0 amide bonds. The number of aliphatic hydroxyl groups is 1. The predicted octanol–water partition coefficient (Wildman–Crippen LogP) is 4.87. The smallest absolute Gasteiger partial charge is 0.311 e. The summed E-state index contributed by atoms with van der Waals surface area (Å²) >= 11 is 11.9. The second-order valence-electron chi connectivity index (χ2n) is 6.77. The van der Waals surface area contributed by atoms with Crippen molar-refractivity contribution in [2.45, 2.75) is 38.8 Å². The molecule has 0 saturated heterocycles. The van der Waals surface area contributed by atoms with Crippen LogP contribution in [0, 0.1) is 10.1 Å². The molecule has 0 spiro atoms. The minimum Gasteiger partial charge on any atom is -0.390 e. The zero-order chi connectivity index (χ0) is 20.0. The summed E-state index contributed by atoms with van der Waals surface area (Å²) in [5.74, 6) is 0.687. The molecule has 0 saturated carbocycles. The van der Waals surface area contributed by atoms with Crippen molar-refractivity contribution in [2.75, 3.05) is 17.2 Å². The first kappa shape index (κ1) is 21.2. The molecule has 1 aromatic carbocycles. The van der Waals surface area contributed by atoms with E-state index in [0.29, 0.717) is 41.8 Å². The SMILES string of the molecule is CC(C)(O)CCCNc1nc(NCc2ccc(Cl)c(Cl)c2)ccc1[N+](=O)[O-]. The van der Waals surface area contributed by atoms with Gasteiger partial charge in [0.15, 0.2) is 0 Å². The number of benzene rings is 1. The molecule has 2 aromatic rings. The summed E-state index contributed by atoms with van der Waals surface area (Å²) in [7, 11) is 0. The lowest BCUT2D eigenvalue weighted by Gasteiger charge is -2.17. The molecule has 0 unspecified atom stereocenters. The molecule has 146 valence electrons. The molecule has 1 heterocycles. The van der Waals surface area contributed by atoms with Crippen LogP contribution in [0.4, 0.5) is 17.3 Å². The van der Waals surface area contributed by atoms with E-state index in [-0.39, 0.29) is 11.5 Å². The quantitative estimate of drug-likeness (QED) is 0.308. The third-order valence-electron chi connectivity index (χ3n) is 3.79. The molecule has 9 heteroatoms. The van der Waals surface area contributed by atoms with E-state index in [1.807, 2.05) is 6.07 Å². The number of hydrogen-bond acceptors (Lipinski definition) is 6. The van der Waals surface area contributed by atoms with Crippen molar-refractivity contribution < 1.29 is 10.0 Å². The Bertz CT molecular complexity index is 810. The first-order chi connectivity index (χ1) is 12.7. The van der Waals surface area contributed by atoms with Gasteiger partial charge in [-0.3, -0.25) is 10.1 Å². The normalized spacial score (nSPS) is 11.3. The summed E-state index contributed by atoms with van der Waals surface area (Å²) in [6.07, 6.45) is 1.23. The van der Waals surface area contributed by atoms with E-state index in [0.717, 1.165) is 5.56 Å². The fourth-order valence-electron chi connectivity index (χ4n) is 2.40. The standard InChI is InChI=1S/C18H22Cl2N4O3/c1-18(2,25)8-3-9-21-17-15(24(26)27)6-7-16(23-17)22-11-12-4-5-13(19)14(20)10-12/h4-7,10,25H,3,8-9,11H2,1-2H3,(H2,21,22,23). The number of rotatable bonds is 9. The fourth-order valence-corrected chi connectivity index (χ4v) is 2.72. The van der Waals surface area contributed by atoms with Crippen LogP contribution >= 0.6 is 23.2 Å². The Kier molecular flexibility index (Phi) is 7.24. The number of nitrogens with zero attached hydrogens (tertiary/aromatic N) is 2. The number of nitro groups is 1. The topological polar surface area (TPSA) is 100 Å². The largest absolute Gasteiger partial charge is 0.390 e. The van der Waals surface area contributed by atoms with Gasteiger partial charge in [-0.15, -0.1) is 0 Å². The van der Waals surface area contributed by atoms with Gasteiger partial charge in [0.25, 0.3) is 0 Å². The summed E-state index contributed by atoms with van der Waals surface area (Å²) in [6, 6.07) is 8.25. The Morgan fingerprint density at radius 2 is 1.93 bits per heavy atom. The Labute approximate surface area is 167 Å². The van der Waals surface area contributed by atoms with Gasteiger partial charge in [0.05, 0.1) is 20.6 Å². The highest BCUT2D eigenvalue weighted by atomic mass is 35.5. The molecule has 0 fully saturated rings. The molecule has 0 radical (unpaired) electrons.